The summed E-state index contributed by atoms with van der Waals surface area (Å²) < 4.78 is 10.7. The van der Waals surface area contributed by atoms with E-state index in [2.05, 4.69) is 46.4 Å². The van der Waals surface area contributed by atoms with E-state index in [1.54, 1.807) is 7.11 Å². The van der Waals surface area contributed by atoms with Gasteiger partial charge in [-0.3, -0.25) is 0 Å². The Labute approximate surface area is 167 Å². The second kappa shape index (κ2) is 8.87. The zero-order valence-corrected chi connectivity index (χ0v) is 17.7. The van der Waals surface area contributed by atoms with Crippen molar-refractivity contribution in [2.45, 2.75) is 19.6 Å². The van der Waals surface area contributed by atoms with Gasteiger partial charge in [-0.15, -0.1) is 5.54 Å². The summed E-state index contributed by atoms with van der Waals surface area (Å²) in [4.78, 5) is 9.03. The van der Waals surface area contributed by atoms with Crippen molar-refractivity contribution in [3.63, 3.8) is 0 Å². The Balaban J connectivity index is 1.91. The minimum Gasteiger partial charge on any atom is -0.461 e. The van der Waals surface area contributed by atoms with Crippen LogP contribution in [0.2, 0.25) is 19.6 Å². The normalized spacial score (nSPS) is 11.0. The summed E-state index contributed by atoms with van der Waals surface area (Å²) in [6.45, 7) is 7.59. The molecule has 0 saturated carbocycles. The predicted molar refractivity (Wildman–Crippen MR) is 117 cm³/mol. The second-order valence-corrected chi connectivity index (χ2v) is 12.2. The fraction of sp³-hybridized carbons (Fsp3) is 0.273. The van der Waals surface area contributed by atoms with Crippen LogP contribution < -0.4 is 10.1 Å². The Bertz CT molecular complexity index is 1020. The molecule has 0 fully saturated rings. The third-order valence-corrected chi connectivity index (χ3v) is 4.68. The molecule has 0 amide bonds. The van der Waals surface area contributed by atoms with Crippen LogP contribution in [0.15, 0.2) is 48.5 Å². The third kappa shape index (κ3) is 5.56. The number of hydrogen-bond donors (Lipinski definition) is 1. The van der Waals surface area contributed by atoms with Crippen molar-refractivity contribution in [1.82, 2.24) is 9.97 Å². The van der Waals surface area contributed by atoms with Gasteiger partial charge in [0.2, 0.25) is 0 Å². The highest BCUT2D eigenvalue weighted by atomic mass is 28.3. The number of benzene rings is 2. The number of fused-ring (bicyclic) bond motifs is 1. The molecule has 0 aliphatic heterocycles. The molecule has 6 heteroatoms. The molecule has 0 radical (unpaired) electrons. The first-order valence-electron chi connectivity index (χ1n) is 9.23. The first-order chi connectivity index (χ1) is 13.4. The van der Waals surface area contributed by atoms with Gasteiger partial charge in [0, 0.05) is 23.7 Å². The van der Waals surface area contributed by atoms with E-state index < -0.39 is 8.07 Å². The Kier molecular flexibility index (Phi) is 6.29. The number of ether oxygens (including phenoxy) is 2. The number of nitrogens with zero attached hydrogens (tertiary/aromatic N) is 2. The molecule has 28 heavy (non-hydrogen) atoms. The Morgan fingerprint density at radius 2 is 1.82 bits per heavy atom. The first-order valence-corrected chi connectivity index (χ1v) is 12.7. The highest BCUT2D eigenvalue weighted by molar-refractivity contribution is 6.83. The number of aromatic nitrogens is 2. The van der Waals surface area contributed by atoms with Crippen LogP contribution in [0.25, 0.3) is 10.9 Å². The van der Waals surface area contributed by atoms with E-state index in [4.69, 9.17) is 9.47 Å². The van der Waals surface area contributed by atoms with Crippen molar-refractivity contribution in [3.05, 3.63) is 54.1 Å². The first kappa shape index (κ1) is 19.9. The summed E-state index contributed by atoms with van der Waals surface area (Å²) in [6.07, 6.45) is 0. The number of anilines is 2. The molecule has 3 aromatic rings. The van der Waals surface area contributed by atoms with Gasteiger partial charge in [-0.1, -0.05) is 43.8 Å². The molecule has 144 valence electrons. The molecule has 0 bridgehead atoms. The fourth-order valence-corrected chi connectivity index (χ4v) is 3.02. The molecule has 1 N–H and O–H groups in total. The van der Waals surface area contributed by atoms with E-state index in [0.29, 0.717) is 25.0 Å². The van der Waals surface area contributed by atoms with Crippen LogP contribution in [-0.2, 0) is 4.74 Å². The van der Waals surface area contributed by atoms with Crippen molar-refractivity contribution in [2.75, 3.05) is 25.6 Å². The maximum Gasteiger partial charge on any atom is 0.319 e. The molecule has 0 unspecified atom stereocenters. The van der Waals surface area contributed by atoms with E-state index in [1.807, 2.05) is 48.5 Å². The molecule has 0 aliphatic carbocycles. The highest BCUT2D eigenvalue weighted by Crippen LogP contribution is 2.26. The molecule has 1 aromatic heterocycles. The molecular weight excluding hydrogens is 366 g/mol. The lowest BCUT2D eigenvalue weighted by atomic mass is 10.2. The minimum absolute atomic E-state index is 0.327. The van der Waals surface area contributed by atoms with E-state index in [0.717, 1.165) is 22.2 Å². The second-order valence-electron chi connectivity index (χ2n) is 7.42. The third-order valence-electron chi connectivity index (χ3n) is 3.81. The number of methoxy groups -OCH3 is 1. The number of nitrogens with one attached hydrogen (secondary N) is 1. The van der Waals surface area contributed by atoms with Gasteiger partial charge in [-0.2, -0.15) is 9.97 Å². The quantitative estimate of drug-likeness (QED) is 0.377. The number of para-hydroxylation sites is 1. The highest BCUT2D eigenvalue weighted by Gasteiger charge is 2.10. The van der Waals surface area contributed by atoms with Gasteiger partial charge in [-0.25, -0.2) is 0 Å². The van der Waals surface area contributed by atoms with Gasteiger partial charge in [0.05, 0.1) is 12.1 Å². The van der Waals surface area contributed by atoms with Crippen LogP contribution in [0, 0.1) is 11.5 Å². The Hall–Kier alpha value is -2.88. The van der Waals surface area contributed by atoms with Crippen molar-refractivity contribution in [2.24, 2.45) is 0 Å². The standard InChI is InChI=1S/C22H25N3O2Si/c1-26-13-14-27-22-24-20-11-6-5-10-19(20)21(25-22)23-18-9-7-8-17(16-18)12-15-28(2,3)4/h5-11,16H,13-14H2,1-4H3,(H,23,24,25). The van der Waals surface area contributed by atoms with E-state index >= 15 is 0 Å². The molecule has 3 rings (SSSR count). The number of hydrogen-bond acceptors (Lipinski definition) is 5. The van der Waals surface area contributed by atoms with Gasteiger partial charge in [0.1, 0.15) is 20.5 Å². The topological polar surface area (TPSA) is 56.3 Å². The van der Waals surface area contributed by atoms with Crippen molar-refractivity contribution in [1.29, 1.82) is 0 Å². The lowest BCUT2D eigenvalue weighted by Gasteiger charge is -2.11. The minimum atomic E-state index is -1.42. The van der Waals surface area contributed by atoms with Crippen LogP contribution in [0.5, 0.6) is 6.01 Å². The van der Waals surface area contributed by atoms with Gasteiger partial charge < -0.3 is 14.8 Å². The molecule has 2 aromatic carbocycles. The zero-order valence-electron chi connectivity index (χ0n) is 16.7. The monoisotopic (exact) mass is 391 g/mol. The molecule has 5 nitrogen and oxygen atoms in total. The van der Waals surface area contributed by atoms with E-state index in [9.17, 15) is 0 Å². The molecular formula is C22H25N3O2Si. The average Bonchev–Trinajstić information content (AvgIpc) is 2.66. The summed E-state index contributed by atoms with van der Waals surface area (Å²) in [7, 11) is 0.214. The van der Waals surface area contributed by atoms with Crippen LogP contribution in [0.1, 0.15) is 5.56 Å². The zero-order chi connectivity index (χ0) is 20.0. The maximum absolute atomic E-state index is 5.63. The van der Waals surface area contributed by atoms with Crippen LogP contribution in [0.3, 0.4) is 0 Å². The van der Waals surface area contributed by atoms with Crippen molar-refractivity contribution < 1.29 is 9.47 Å². The van der Waals surface area contributed by atoms with Crippen molar-refractivity contribution >= 4 is 30.5 Å². The molecule has 0 aliphatic rings. The molecule has 0 spiro atoms. The van der Waals surface area contributed by atoms with Gasteiger partial charge in [-0.05, 0) is 30.3 Å². The lowest BCUT2D eigenvalue weighted by Crippen LogP contribution is -2.16. The molecule has 0 saturated heterocycles. The summed E-state index contributed by atoms with van der Waals surface area (Å²) in [6, 6.07) is 16.2. The Morgan fingerprint density at radius 1 is 1.00 bits per heavy atom. The number of rotatable bonds is 6. The largest absolute Gasteiger partial charge is 0.461 e. The molecule has 0 atom stereocenters. The molecule has 1 heterocycles. The SMILES string of the molecule is COCCOc1nc(Nc2cccc(C#C[Si](C)(C)C)c2)c2ccccc2n1. The predicted octanol–water partition coefficient (Wildman–Crippen LogP) is 4.63. The fourth-order valence-electron chi connectivity index (χ4n) is 2.50. The average molecular weight is 392 g/mol. The van der Waals surface area contributed by atoms with Gasteiger partial charge >= 0.3 is 6.01 Å². The van der Waals surface area contributed by atoms with E-state index in [-0.39, 0.29) is 0 Å². The van der Waals surface area contributed by atoms with Crippen LogP contribution >= 0.6 is 0 Å². The smallest absolute Gasteiger partial charge is 0.319 e. The lowest BCUT2D eigenvalue weighted by molar-refractivity contribution is 0.141. The van der Waals surface area contributed by atoms with Crippen LogP contribution in [-0.4, -0.2) is 38.4 Å². The van der Waals surface area contributed by atoms with Gasteiger partial charge in [0.15, 0.2) is 0 Å². The summed E-state index contributed by atoms with van der Waals surface area (Å²) in [5, 5.41) is 4.33. The Morgan fingerprint density at radius 3 is 2.61 bits per heavy atom. The van der Waals surface area contributed by atoms with Gasteiger partial charge in [0.25, 0.3) is 0 Å². The maximum atomic E-state index is 5.63. The van der Waals surface area contributed by atoms with Crippen molar-refractivity contribution in [3.8, 4) is 17.5 Å². The van der Waals surface area contributed by atoms with E-state index in [1.165, 1.54) is 0 Å². The summed E-state index contributed by atoms with van der Waals surface area (Å²) in [5.41, 5.74) is 6.14. The summed E-state index contributed by atoms with van der Waals surface area (Å²) in [5.74, 6) is 4.00. The summed E-state index contributed by atoms with van der Waals surface area (Å²) >= 11 is 0. The van der Waals surface area contributed by atoms with Crippen LogP contribution in [0.4, 0.5) is 11.5 Å².